The zero-order chi connectivity index (χ0) is 14.1. The lowest BCUT2D eigenvalue weighted by molar-refractivity contribution is -0.390. The van der Waals surface area contributed by atoms with Crippen LogP contribution in [0, 0.1) is 13.7 Å². The van der Waals surface area contributed by atoms with E-state index >= 15 is 0 Å². The number of pyridine rings is 1. The fourth-order valence-corrected chi connectivity index (χ4v) is 1.75. The Morgan fingerprint density at radius 1 is 1.56 bits per heavy atom. The van der Waals surface area contributed by atoms with Crippen molar-refractivity contribution < 1.29 is 32.7 Å². The van der Waals surface area contributed by atoms with Gasteiger partial charge in [-0.3, -0.25) is 10.1 Å². The summed E-state index contributed by atoms with van der Waals surface area (Å²) in [6.07, 6.45) is -4.61. The highest BCUT2D eigenvalue weighted by Gasteiger charge is 2.37. The predicted molar refractivity (Wildman–Crippen MR) is 57.3 cm³/mol. The molecule has 0 unspecified atom stereocenters. The molecule has 0 atom stereocenters. The van der Waals surface area contributed by atoms with E-state index in [0.717, 1.165) is 0 Å². The summed E-state index contributed by atoms with van der Waals surface area (Å²) in [6, 6.07) is 0. The lowest BCUT2D eigenvalue weighted by atomic mass is 10.2. The Labute approximate surface area is 110 Å². The summed E-state index contributed by atoms with van der Waals surface area (Å²) in [4.78, 5) is 23.1. The first-order chi connectivity index (χ1) is 8.13. The molecular weight excluding hydrogens is 376 g/mol. The number of rotatable bonds is 3. The maximum atomic E-state index is 12.0. The summed E-state index contributed by atoms with van der Waals surface area (Å²) in [7, 11) is 0. The predicted octanol–water partition coefficient (Wildman–Crippen LogP) is 2.19. The maximum Gasteiger partial charge on any atom is 0.574 e. The molecule has 0 saturated carbocycles. The number of ether oxygens (including phenoxy) is 1. The molecule has 1 aromatic rings. The van der Waals surface area contributed by atoms with Crippen LogP contribution in [0.1, 0.15) is 10.4 Å². The van der Waals surface area contributed by atoms with Crippen molar-refractivity contribution in [3.05, 3.63) is 25.4 Å². The van der Waals surface area contributed by atoms with Crippen LogP contribution in [0.2, 0.25) is 0 Å². The lowest BCUT2D eigenvalue weighted by Crippen LogP contribution is -2.19. The van der Waals surface area contributed by atoms with Gasteiger partial charge in [0.1, 0.15) is 3.57 Å². The fraction of sp³-hybridized carbons (Fsp3) is 0.143. The lowest BCUT2D eigenvalue weighted by Gasteiger charge is -2.09. The smallest absolute Gasteiger partial charge is 0.478 e. The highest BCUT2D eigenvalue weighted by molar-refractivity contribution is 14.1. The number of hydrogen-bond donors (Lipinski definition) is 1. The molecular formula is C7H2F3IN2O5. The molecule has 98 valence electrons. The monoisotopic (exact) mass is 378 g/mol. The second kappa shape index (κ2) is 4.91. The van der Waals surface area contributed by atoms with Crippen molar-refractivity contribution in [1.29, 1.82) is 0 Å². The van der Waals surface area contributed by atoms with Crippen molar-refractivity contribution in [3.8, 4) is 5.88 Å². The molecule has 0 aliphatic carbocycles. The number of hydrogen-bond acceptors (Lipinski definition) is 5. The molecule has 7 nitrogen and oxygen atoms in total. The topological polar surface area (TPSA) is 103 Å². The quantitative estimate of drug-likeness (QED) is 0.492. The van der Waals surface area contributed by atoms with Gasteiger partial charge in [-0.1, -0.05) is 0 Å². The summed E-state index contributed by atoms with van der Waals surface area (Å²) in [5.74, 6) is -2.85. The molecule has 0 fully saturated rings. The normalized spacial score (nSPS) is 11.1. The Hall–Kier alpha value is -1.66. The van der Waals surface area contributed by atoms with Crippen molar-refractivity contribution in [2.24, 2.45) is 0 Å². The first-order valence-corrected chi connectivity index (χ1v) is 5.03. The van der Waals surface area contributed by atoms with Gasteiger partial charge in [0.2, 0.25) is 0 Å². The zero-order valence-electron chi connectivity index (χ0n) is 8.06. The van der Waals surface area contributed by atoms with Gasteiger partial charge in [0, 0.05) is 6.20 Å². The molecule has 0 aliphatic rings. The van der Waals surface area contributed by atoms with Crippen LogP contribution in [0.5, 0.6) is 5.88 Å². The Bertz CT molecular complexity index is 519. The maximum absolute atomic E-state index is 12.0. The third kappa shape index (κ3) is 3.18. The zero-order valence-corrected chi connectivity index (χ0v) is 10.2. The van der Waals surface area contributed by atoms with Gasteiger partial charge < -0.3 is 9.84 Å². The van der Waals surface area contributed by atoms with Gasteiger partial charge in [0.05, 0.1) is 10.5 Å². The van der Waals surface area contributed by atoms with E-state index in [2.05, 4.69) is 9.72 Å². The second-order valence-corrected chi connectivity index (χ2v) is 3.83. The molecule has 0 bridgehead atoms. The van der Waals surface area contributed by atoms with Crippen molar-refractivity contribution in [3.63, 3.8) is 0 Å². The standard InChI is InChI=1S/C7H2F3IN2O5/c8-7(9,10)18-5-4(13(16)17)3(11)2(1-12-5)6(14)15/h1H,(H,14,15). The molecule has 0 spiro atoms. The van der Waals surface area contributed by atoms with Crippen LogP contribution in [-0.4, -0.2) is 27.3 Å². The number of aromatic carboxylic acids is 1. The number of nitro groups is 1. The van der Waals surface area contributed by atoms with Gasteiger partial charge in [-0.05, 0) is 22.6 Å². The van der Waals surface area contributed by atoms with Crippen molar-refractivity contribution >= 4 is 34.2 Å². The van der Waals surface area contributed by atoms with E-state index in [4.69, 9.17) is 5.11 Å². The van der Waals surface area contributed by atoms with Crippen LogP contribution < -0.4 is 4.74 Å². The minimum Gasteiger partial charge on any atom is -0.478 e. The van der Waals surface area contributed by atoms with Crippen LogP contribution in [0.4, 0.5) is 18.9 Å². The summed E-state index contributed by atoms with van der Waals surface area (Å²) in [5, 5.41) is 19.3. The SMILES string of the molecule is O=C(O)c1cnc(OC(F)(F)F)c([N+](=O)[O-])c1I. The van der Waals surface area contributed by atoms with Gasteiger partial charge in [0.15, 0.2) is 0 Å². The number of carboxylic acid groups (broad SMARTS) is 1. The Balaban J connectivity index is 3.42. The Morgan fingerprint density at radius 3 is 2.50 bits per heavy atom. The van der Waals surface area contributed by atoms with Gasteiger partial charge in [-0.25, -0.2) is 9.78 Å². The van der Waals surface area contributed by atoms with Crippen molar-refractivity contribution in [1.82, 2.24) is 4.98 Å². The second-order valence-electron chi connectivity index (χ2n) is 2.75. The van der Waals surface area contributed by atoms with Crippen LogP contribution >= 0.6 is 22.6 Å². The Morgan fingerprint density at radius 2 is 2.11 bits per heavy atom. The molecule has 1 N–H and O–H groups in total. The average molecular weight is 378 g/mol. The molecule has 0 saturated heterocycles. The first-order valence-electron chi connectivity index (χ1n) is 3.95. The largest absolute Gasteiger partial charge is 0.574 e. The number of nitrogens with zero attached hydrogens (tertiary/aromatic N) is 2. The minimum atomic E-state index is -5.16. The molecule has 0 aliphatic heterocycles. The summed E-state index contributed by atoms with van der Waals surface area (Å²) < 4.78 is 38.8. The number of alkyl halides is 3. The molecule has 0 aromatic carbocycles. The van der Waals surface area contributed by atoms with Crippen molar-refractivity contribution in [2.45, 2.75) is 6.36 Å². The molecule has 11 heteroatoms. The first kappa shape index (κ1) is 14.4. The van der Waals surface area contributed by atoms with Crippen LogP contribution in [0.25, 0.3) is 0 Å². The van der Waals surface area contributed by atoms with Crippen LogP contribution in [0.15, 0.2) is 6.20 Å². The average Bonchev–Trinajstić information content (AvgIpc) is 2.13. The van der Waals surface area contributed by atoms with Gasteiger partial charge >= 0.3 is 23.9 Å². The van der Waals surface area contributed by atoms with Crippen molar-refractivity contribution in [2.75, 3.05) is 0 Å². The van der Waals surface area contributed by atoms with E-state index in [1.54, 1.807) is 0 Å². The van der Waals surface area contributed by atoms with E-state index < -0.39 is 38.0 Å². The molecule has 1 aromatic heterocycles. The minimum absolute atomic E-state index is 0.501. The molecule has 0 amide bonds. The van der Waals surface area contributed by atoms with E-state index in [1.165, 1.54) is 22.6 Å². The number of carboxylic acids is 1. The van der Waals surface area contributed by atoms with Crippen LogP contribution in [-0.2, 0) is 0 Å². The fourth-order valence-electron chi connectivity index (χ4n) is 0.954. The molecule has 18 heavy (non-hydrogen) atoms. The van der Waals surface area contributed by atoms with Gasteiger partial charge in [-0.15, -0.1) is 13.2 Å². The number of aromatic nitrogens is 1. The van der Waals surface area contributed by atoms with E-state index in [9.17, 15) is 28.1 Å². The van der Waals surface area contributed by atoms with E-state index in [0.29, 0.717) is 6.20 Å². The molecule has 1 rings (SSSR count). The van der Waals surface area contributed by atoms with Gasteiger partial charge in [0.25, 0.3) is 0 Å². The third-order valence-corrected chi connectivity index (χ3v) is 2.68. The molecule has 0 radical (unpaired) electrons. The van der Waals surface area contributed by atoms with Gasteiger partial charge in [-0.2, -0.15) is 0 Å². The highest BCUT2D eigenvalue weighted by atomic mass is 127. The Kier molecular flexibility index (Phi) is 3.93. The summed E-state index contributed by atoms with van der Waals surface area (Å²) >= 11 is 1.24. The molecule has 1 heterocycles. The summed E-state index contributed by atoms with van der Waals surface area (Å²) in [6.45, 7) is 0. The van der Waals surface area contributed by atoms with E-state index in [-0.39, 0.29) is 0 Å². The summed E-state index contributed by atoms with van der Waals surface area (Å²) in [5.41, 5.74) is -1.73. The highest BCUT2D eigenvalue weighted by Crippen LogP contribution is 2.35. The van der Waals surface area contributed by atoms with E-state index in [1.807, 2.05) is 0 Å². The number of carbonyl (C=O) groups is 1. The third-order valence-electron chi connectivity index (χ3n) is 1.58. The number of halogens is 4. The van der Waals surface area contributed by atoms with Crippen LogP contribution in [0.3, 0.4) is 0 Å².